The van der Waals surface area contributed by atoms with Crippen molar-refractivity contribution in [1.82, 2.24) is 10.4 Å². The molecule has 1 aliphatic heterocycles. The van der Waals surface area contributed by atoms with E-state index in [4.69, 9.17) is 19.9 Å². The number of nitrogens with zero attached hydrogens (tertiary/aromatic N) is 1. The molecule has 1 fully saturated rings. The number of piperidine rings is 1. The number of esters is 1. The molecule has 1 aromatic rings. The van der Waals surface area contributed by atoms with Crippen LogP contribution in [0, 0.1) is 5.92 Å². The number of rotatable bonds is 9. The second kappa shape index (κ2) is 11.7. The second-order valence-electron chi connectivity index (χ2n) is 8.53. The van der Waals surface area contributed by atoms with E-state index in [-0.39, 0.29) is 19.1 Å². The van der Waals surface area contributed by atoms with Gasteiger partial charge in [-0.2, -0.15) is 5.01 Å². The first kappa shape index (κ1) is 24.6. The Morgan fingerprint density at radius 3 is 2.55 bits per heavy atom. The summed E-state index contributed by atoms with van der Waals surface area (Å²) in [6, 6.07) is 9.45. The summed E-state index contributed by atoms with van der Waals surface area (Å²) in [5, 5.41) is 1.69. The number of primary amides is 1. The predicted molar refractivity (Wildman–Crippen MR) is 113 cm³/mol. The second-order valence-corrected chi connectivity index (χ2v) is 8.53. The minimum atomic E-state index is -0.928. The molecule has 0 aliphatic carbocycles. The zero-order valence-electron chi connectivity index (χ0n) is 18.5. The molecule has 1 aliphatic rings. The van der Waals surface area contributed by atoms with Crippen molar-refractivity contribution in [2.45, 2.75) is 58.3 Å². The number of amides is 2. The summed E-state index contributed by atoms with van der Waals surface area (Å²) < 4.78 is 15.9. The Bertz CT molecular complexity index is 735. The standard InChI is InChI=1S/C22H33N3O6/c1-22(2,3)31-19(26)15-29-18-11-7-8-12-25(18)24-20(27)17(14-30-21(23)28)13-16-9-5-4-6-10-16/h4-6,9-10,17-18H,7-8,11-15H2,1-3H3,(H2,23,28)(H,24,27). The van der Waals surface area contributed by atoms with E-state index in [1.165, 1.54) is 0 Å². The summed E-state index contributed by atoms with van der Waals surface area (Å²) in [5.74, 6) is -1.39. The fourth-order valence-electron chi connectivity index (χ4n) is 3.28. The van der Waals surface area contributed by atoms with Gasteiger partial charge in [0, 0.05) is 6.54 Å². The Balaban J connectivity index is 1.98. The maximum absolute atomic E-state index is 13.0. The van der Waals surface area contributed by atoms with E-state index in [0.717, 1.165) is 18.4 Å². The minimum absolute atomic E-state index is 0.132. The third-order valence-electron chi connectivity index (χ3n) is 4.64. The lowest BCUT2D eigenvalue weighted by Crippen LogP contribution is -2.54. The molecular formula is C22H33N3O6. The first-order valence-electron chi connectivity index (χ1n) is 10.5. The largest absolute Gasteiger partial charge is 0.458 e. The molecule has 2 atom stereocenters. The number of ether oxygens (including phenoxy) is 3. The average molecular weight is 436 g/mol. The number of nitrogens with two attached hydrogens (primary N) is 1. The van der Waals surface area contributed by atoms with E-state index >= 15 is 0 Å². The monoisotopic (exact) mass is 435 g/mol. The van der Waals surface area contributed by atoms with Crippen molar-refractivity contribution in [2.75, 3.05) is 19.8 Å². The van der Waals surface area contributed by atoms with Crippen molar-refractivity contribution in [2.24, 2.45) is 11.7 Å². The van der Waals surface area contributed by atoms with E-state index in [9.17, 15) is 14.4 Å². The summed E-state index contributed by atoms with van der Waals surface area (Å²) in [6.45, 7) is 5.62. The van der Waals surface area contributed by atoms with Crippen molar-refractivity contribution in [1.29, 1.82) is 0 Å². The van der Waals surface area contributed by atoms with E-state index in [1.54, 1.807) is 25.8 Å². The zero-order chi connectivity index (χ0) is 22.9. The highest BCUT2D eigenvalue weighted by atomic mass is 16.6. The zero-order valence-corrected chi connectivity index (χ0v) is 18.5. The third-order valence-corrected chi connectivity index (χ3v) is 4.64. The lowest BCUT2D eigenvalue weighted by Gasteiger charge is -2.36. The third kappa shape index (κ3) is 9.35. The Morgan fingerprint density at radius 2 is 1.90 bits per heavy atom. The highest BCUT2D eigenvalue weighted by Gasteiger charge is 2.29. The minimum Gasteiger partial charge on any atom is -0.458 e. The molecular weight excluding hydrogens is 402 g/mol. The van der Waals surface area contributed by atoms with Gasteiger partial charge in [-0.25, -0.2) is 9.59 Å². The summed E-state index contributed by atoms with van der Waals surface area (Å²) in [6.07, 6.45) is 1.49. The number of hydrazine groups is 1. The Labute approximate surface area is 183 Å². The number of carbonyl (C=O) groups is 3. The van der Waals surface area contributed by atoms with Crippen LogP contribution < -0.4 is 11.2 Å². The normalized spacial score (nSPS) is 18.1. The van der Waals surface area contributed by atoms with Gasteiger partial charge in [-0.05, 0) is 52.0 Å². The van der Waals surface area contributed by atoms with Crippen LogP contribution in [0.2, 0.25) is 0 Å². The average Bonchev–Trinajstić information content (AvgIpc) is 2.69. The topological polar surface area (TPSA) is 120 Å². The number of hydrogen-bond donors (Lipinski definition) is 2. The van der Waals surface area contributed by atoms with Crippen LogP contribution in [0.1, 0.15) is 45.6 Å². The fraction of sp³-hybridized carbons (Fsp3) is 0.591. The van der Waals surface area contributed by atoms with Crippen LogP contribution in [-0.2, 0) is 30.2 Å². The molecule has 0 aromatic heterocycles. The maximum Gasteiger partial charge on any atom is 0.404 e. The summed E-state index contributed by atoms with van der Waals surface area (Å²) in [4.78, 5) is 36.0. The van der Waals surface area contributed by atoms with Gasteiger partial charge in [0.25, 0.3) is 0 Å². The molecule has 9 heteroatoms. The quantitative estimate of drug-likeness (QED) is 0.570. The van der Waals surface area contributed by atoms with Gasteiger partial charge >= 0.3 is 12.1 Å². The van der Waals surface area contributed by atoms with Crippen LogP contribution in [0.15, 0.2) is 30.3 Å². The Hall–Kier alpha value is -2.65. The summed E-state index contributed by atoms with van der Waals surface area (Å²) in [7, 11) is 0. The highest BCUT2D eigenvalue weighted by Crippen LogP contribution is 2.18. The first-order valence-corrected chi connectivity index (χ1v) is 10.5. The van der Waals surface area contributed by atoms with Gasteiger partial charge in [0.1, 0.15) is 25.0 Å². The molecule has 2 unspecified atom stereocenters. The predicted octanol–water partition coefficient (Wildman–Crippen LogP) is 2.14. The number of carbonyl (C=O) groups excluding carboxylic acids is 3. The van der Waals surface area contributed by atoms with Gasteiger partial charge in [-0.15, -0.1) is 0 Å². The lowest BCUT2D eigenvalue weighted by molar-refractivity contribution is -0.172. The van der Waals surface area contributed by atoms with Gasteiger partial charge in [-0.1, -0.05) is 30.3 Å². The molecule has 1 aromatic carbocycles. The molecule has 1 heterocycles. The fourth-order valence-corrected chi connectivity index (χ4v) is 3.28. The van der Waals surface area contributed by atoms with E-state index in [2.05, 4.69) is 5.43 Å². The molecule has 9 nitrogen and oxygen atoms in total. The molecule has 0 saturated carbocycles. The molecule has 2 amide bonds. The molecule has 2 rings (SSSR count). The number of nitrogens with one attached hydrogen (secondary N) is 1. The lowest BCUT2D eigenvalue weighted by atomic mass is 9.99. The molecule has 3 N–H and O–H groups in total. The smallest absolute Gasteiger partial charge is 0.404 e. The SMILES string of the molecule is CC(C)(C)OC(=O)COC1CCCCN1NC(=O)C(COC(N)=O)Cc1ccccc1. The van der Waals surface area contributed by atoms with Crippen molar-refractivity contribution in [3.05, 3.63) is 35.9 Å². The van der Waals surface area contributed by atoms with Crippen LogP contribution >= 0.6 is 0 Å². The molecule has 0 spiro atoms. The van der Waals surface area contributed by atoms with Gasteiger partial charge in [0.05, 0.1) is 5.92 Å². The molecule has 172 valence electrons. The summed E-state index contributed by atoms with van der Waals surface area (Å²) >= 11 is 0. The van der Waals surface area contributed by atoms with E-state index in [1.807, 2.05) is 30.3 Å². The summed E-state index contributed by atoms with van der Waals surface area (Å²) in [5.41, 5.74) is 8.30. The van der Waals surface area contributed by atoms with Crippen molar-refractivity contribution in [3.8, 4) is 0 Å². The van der Waals surface area contributed by atoms with Gasteiger partial charge in [0.15, 0.2) is 0 Å². The van der Waals surface area contributed by atoms with Crippen molar-refractivity contribution >= 4 is 18.0 Å². The van der Waals surface area contributed by atoms with E-state index in [0.29, 0.717) is 19.4 Å². The molecule has 1 saturated heterocycles. The van der Waals surface area contributed by atoms with Crippen molar-refractivity contribution in [3.63, 3.8) is 0 Å². The van der Waals surface area contributed by atoms with Gasteiger partial charge in [0.2, 0.25) is 5.91 Å². The molecule has 31 heavy (non-hydrogen) atoms. The Morgan fingerprint density at radius 1 is 1.19 bits per heavy atom. The Kier molecular flexibility index (Phi) is 9.26. The number of benzene rings is 1. The molecule has 0 radical (unpaired) electrons. The van der Waals surface area contributed by atoms with Gasteiger partial charge in [-0.3, -0.25) is 10.2 Å². The maximum atomic E-state index is 13.0. The number of hydrogen-bond acceptors (Lipinski definition) is 7. The van der Waals surface area contributed by atoms with Crippen LogP contribution in [0.25, 0.3) is 0 Å². The van der Waals surface area contributed by atoms with Gasteiger partial charge < -0.3 is 19.9 Å². The van der Waals surface area contributed by atoms with Crippen LogP contribution in [-0.4, -0.2) is 54.6 Å². The highest BCUT2D eigenvalue weighted by molar-refractivity contribution is 5.79. The van der Waals surface area contributed by atoms with Crippen molar-refractivity contribution < 1.29 is 28.6 Å². The molecule has 0 bridgehead atoms. The van der Waals surface area contributed by atoms with Crippen LogP contribution in [0.5, 0.6) is 0 Å². The van der Waals surface area contributed by atoms with E-state index < -0.39 is 29.8 Å². The van der Waals surface area contributed by atoms with Crippen LogP contribution in [0.3, 0.4) is 0 Å². The first-order chi connectivity index (χ1) is 14.6. The van der Waals surface area contributed by atoms with Crippen LogP contribution in [0.4, 0.5) is 4.79 Å².